The fourth-order valence-electron chi connectivity index (χ4n) is 2.64. The van der Waals surface area contributed by atoms with Crippen LogP contribution in [0.4, 0.5) is 0 Å². The molecule has 0 aliphatic heterocycles. The van der Waals surface area contributed by atoms with E-state index in [9.17, 15) is 0 Å². The SMILES string of the molecule is COc1ccc(/C=C/c2cc(Br)c(/C=C/c3ccc(OC)cc3)cc2Br)cc1. The smallest absolute Gasteiger partial charge is 0.118 e. The first-order valence-corrected chi connectivity index (χ1v) is 10.3. The Hall–Kier alpha value is -2.30. The summed E-state index contributed by atoms with van der Waals surface area (Å²) in [4.78, 5) is 0. The van der Waals surface area contributed by atoms with Crippen LogP contribution in [0.25, 0.3) is 24.3 Å². The topological polar surface area (TPSA) is 18.5 Å². The molecule has 3 aromatic carbocycles. The van der Waals surface area contributed by atoms with Crippen LogP contribution in [0.2, 0.25) is 0 Å². The van der Waals surface area contributed by atoms with Gasteiger partial charge in [-0.3, -0.25) is 0 Å². The number of hydrogen-bond donors (Lipinski definition) is 0. The normalized spacial score (nSPS) is 11.3. The molecule has 0 aliphatic carbocycles. The molecular weight excluding hydrogens is 480 g/mol. The Bertz CT molecular complexity index is 905. The first-order chi connectivity index (χ1) is 13.6. The zero-order valence-corrected chi connectivity index (χ0v) is 18.8. The van der Waals surface area contributed by atoms with Crippen molar-refractivity contribution in [3.63, 3.8) is 0 Å². The highest BCUT2D eigenvalue weighted by atomic mass is 79.9. The van der Waals surface area contributed by atoms with Gasteiger partial charge in [0.15, 0.2) is 0 Å². The van der Waals surface area contributed by atoms with E-state index < -0.39 is 0 Å². The number of halogens is 2. The summed E-state index contributed by atoms with van der Waals surface area (Å²) in [6.07, 6.45) is 8.35. The lowest BCUT2D eigenvalue weighted by Crippen LogP contribution is -1.84. The highest BCUT2D eigenvalue weighted by molar-refractivity contribution is 9.11. The van der Waals surface area contributed by atoms with Crippen LogP contribution in [-0.4, -0.2) is 14.2 Å². The van der Waals surface area contributed by atoms with Crippen molar-refractivity contribution in [3.8, 4) is 11.5 Å². The maximum absolute atomic E-state index is 5.20. The second kappa shape index (κ2) is 9.76. The Labute approximate surface area is 182 Å². The molecule has 0 radical (unpaired) electrons. The van der Waals surface area contributed by atoms with E-state index in [1.165, 1.54) is 0 Å². The first kappa shape index (κ1) is 20.4. The van der Waals surface area contributed by atoms with Crippen LogP contribution in [0.3, 0.4) is 0 Å². The van der Waals surface area contributed by atoms with Crippen LogP contribution in [-0.2, 0) is 0 Å². The van der Waals surface area contributed by atoms with Gasteiger partial charge in [0.05, 0.1) is 14.2 Å². The van der Waals surface area contributed by atoms with Gasteiger partial charge >= 0.3 is 0 Å². The van der Waals surface area contributed by atoms with E-state index >= 15 is 0 Å². The van der Waals surface area contributed by atoms with Crippen LogP contribution in [0.15, 0.2) is 69.6 Å². The van der Waals surface area contributed by atoms with Crippen molar-refractivity contribution in [1.29, 1.82) is 0 Å². The number of benzene rings is 3. The van der Waals surface area contributed by atoms with Gasteiger partial charge in [0.2, 0.25) is 0 Å². The van der Waals surface area contributed by atoms with Gasteiger partial charge in [0.1, 0.15) is 11.5 Å². The van der Waals surface area contributed by atoms with E-state index in [0.717, 1.165) is 42.7 Å². The predicted molar refractivity (Wildman–Crippen MR) is 126 cm³/mol. The van der Waals surface area contributed by atoms with Crippen molar-refractivity contribution in [2.75, 3.05) is 14.2 Å². The first-order valence-electron chi connectivity index (χ1n) is 8.72. The molecule has 142 valence electrons. The van der Waals surface area contributed by atoms with Gasteiger partial charge < -0.3 is 9.47 Å². The molecular formula is C24H20Br2O2. The molecule has 0 unspecified atom stereocenters. The molecule has 3 rings (SSSR count). The molecule has 0 saturated heterocycles. The molecule has 28 heavy (non-hydrogen) atoms. The van der Waals surface area contributed by atoms with Crippen molar-refractivity contribution in [2.45, 2.75) is 0 Å². The number of rotatable bonds is 6. The van der Waals surface area contributed by atoms with Gasteiger partial charge in [-0.2, -0.15) is 0 Å². The summed E-state index contributed by atoms with van der Waals surface area (Å²) in [5.74, 6) is 1.71. The maximum Gasteiger partial charge on any atom is 0.118 e. The van der Waals surface area contributed by atoms with Crippen molar-refractivity contribution >= 4 is 56.2 Å². The van der Waals surface area contributed by atoms with Crippen molar-refractivity contribution in [2.24, 2.45) is 0 Å². The Morgan fingerprint density at radius 1 is 0.571 bits per heavy atom. The molecule has 4 heteroatoms. The third-order valence-electron chi connectivity index (χ3n) is 4.26. The van der Waals surface area contributed by atoms with Crippen LogP contribution in [0.5, 0.6) is 11.5 Å². The second-order valence-electron chi connectivity index (χ2n) is 6.11. The summed E-state index contributed by atoms with van der Waals surface area (Å²) in [5.41, 5.74) is 4.44. The number of methoxy groups -OCH3 is 2. The summed E-state index contributed by atoms with van der Waals surface area (Å²) in [5, 5.41) is 0. The van der Waals surface area contributed by atoms with Crippen molar-refractivity contribution in [1.82, 2.24) is 0 Å². The predicted octanol–water partition coefficient (Wildman–Crippen LogP) is 7.57. The monoisotopic (exact) mass is 498 g/mol. The molecule has 0 amide bonds. The molecule has 0 spiro atoms. The third-order valence-corrected chi connectivity index (χ3v) is 5.63. The minimum Gasteiger partial charge on any atom is -0.497 e. The molecule has 0 N–H and O–H groups in total. The zero-order chi connectivity index (χ0) is 19.9. The minimum absolute atomic E-state index is 0.856. The molecule has 0 bridgehead atoms. The van der Waals surface area contributed by atoms with Gasteiger partial charge in [0, 0.05) is 8.95 Å². The fourth-order valence-corrected chi connectivity index (χ4v) is 3.62. The molecule has 2 nitrogen and oxygen atoms in total. The highest BCUT2D eigenvalue weighted by Crippen LogP contribution is 2.29. The summed E-state index contributed by atoms with van der Waals surface area (Å²) in [6, 6.07) is 20.2. The standard InChI is InChI=1S/C24H20Br2O2/c1-27-21-11-5-17(6-12-21)3-9-19-15-24(26)20(16-23(19)25)10-4-18-7-13-22(28-2)14-8-18/h3-16H,1-2H3/b9-3+,10-4+. The largest absolute Gasteiger partial charge is 0.497 e. The van der Waals surface area contributed by atoms with Gasteiger partial charge in [-0.1, -0.05) is 80.4 Å². The van der Waals surface area contributed by atoms with Gasteiger partial charge in [-0.05, 0) is 58.7 Å². The highest BCUT2D eigenvalue weighted by Gasteiger charge is 2.03. The number of ether oxygens (including phenoxy) is 2. The van der Waals surface area contributed by atoms with Crippen LogP contribution in [0, 0.1) is 0 Å². The molecule has 3 aromatic rings. The quantitative estimate of drug-likeness (QED) is 0.325. The second-order valence-corrected chi connectivity index (χ2v) is 7.82. The van der Waals surface area contributed by atoms with Crippen LogP contribution >= 0.6 is 31.9 Å². The van der Waals surface area contributed by atoms with Gasteiger partial charge in [-0.25, -0.2) is 0 Å². The maximum atomic E-state index is 5.20. The Morgan fingerprint density at radius 2 is 0.929 bits per heavy atom. The Morgan fingerprint density at radius 3 is 1.25 bits per heavy atom. The van der Waals surface area contributed by atoms with Crippen molar-refractivity contribution in [3.05, 3.63) is 91.9 Å². The van der Waals surface area contributed by atoms with E-state index in [-0.39, 0.29) is 0 Å². The van der Waals surface area contributed by atoms with E-state index in [1.54, 1.807) is 14.2 Å². The lowest BCUT2D eigenvalue weighted by atomic mass is 10.1. The number of hydrogen-bond acceptors (Lipinski definition) is 2. The van der Waals surface area contributed by atoms with E-state index in [4.69, 9.17) is 9.47 Å². The molecule has 0 fully saturated rings. The third kappa shape index (κ3) is 5.37. The Balaban J connectivity index is 1.77. The average Bonchev–Trinajstić information content (AvgIpc) is 2.73. The summed E-state index contributed by atoms with van der Waals surface area (Å²) in [7, 11) is 3.34. The van der Waals surface area contributed by atoms with Gasteiger partial charge in [0.25, 0.3) is 0 Å². The van der Waals surface area contributed by atoms with Crippen LogP contribution < -0.4 is 9.47 Å². The molecule has 0 heterocycles. The van der Waals surface area contributed by atoms with E-state index in [0.29, 0.717) is 0 Å². The summed E-state index contributed by atoms with van der Waals surface area (Å²) >= 11 is 7.36. The lowest BCUT2D eigenvalue weighted by molar-refractivity contribution is 0.414. The average molecular weight is 500 g/mol. The van der Waals surface area contributed by atoms with Crippen molar-refractivity contribution < 1.29 is 9.47 Å². The molecule has 0 atom stereocenters. The van der Waals surface area contributed by atoms with E-state index in [1.807, 2.05) is 48.5 Å². The Kier molecular flexibility index (Phi) is 7.12. The van der Waals surface area contributed by atoms with Gasteiger partial charge in [-0.15, -0.1) is 0 Å². The summed E-state index contributed by atoms with van der Waals surface area (Å²) < 4.78 is 12.5. The summed E-state index contributed by atoms with van der Waals surface area (Å²) in [6.45, 7) is 0. The van der Waals surface area contributed by atoms with Crippen LogP contribution in [0.1, 0.15) is 22.3 Å². The minimum atomic E-state index is 0.856. The zero-order valence-electron chi connectivity index (χ0n) is 15.7. The molecule has 0 aliphatic rings. The molecule has 0 aromatic heterocycles. The van der Waals surface area contributed by atoms with E-state index in [2.05, 4.69) is 68.3 Å². The lowest BCUT2D eigenvalue weighted by Gasteiger charge is -2.05. The molecule has 0 saturated carbocycles. The fraction of sp³-hybridized carbons (Fsp3) is 0.0833.